The highest BCUT2D eigenvalue weighted by Gasteiger charge is 2.27. The van der Waals surface area contributed by atoms with Crippen LogP contribution in [0.4, 0.5) is 0 Å². The number of carbonyl (C=O) groups excluding carboxylic acids is 1. The van der Waals surface area contributed by atoms with E-state index < -0.39 is 0 Å². The molecule has 1 aromatic carbocycles. The summed E-state index contributed by atoms with van der Waals surface area (Å²) in [6, 6.07) is 10.1. The van der Waals surface area contributed by atoms with Crippen molar-refractivity contribution in [3.8, 4) is 0 Å². The highest BCUT2D eigenvalue weighted by atomic mass is 35.5. The summed E-state index contributed by atoms with van der Waals surface area (Å²) in [5.41, 5.74) is 1.09. The molecule has 1 aromatic rings. The van der Waals surface area contributed by atoms with Gasteiger partial charge in [-0.15, -0.1) is 11.6 Å². The van der Waals surface area contributed by atoms with Crippen molar-refractivity contribution < 1.29 is 4.79 Å². The number of hydrogen-bond acceptors (Lipinski definition) is 1. The largest absolute Gasteiger partial charge is 0.353 e. The molecule has 2 nitrogen and oxygen atoms in total. The molecule has 4 atom stereocenters. The average Bonchev–Trinajstić information content (AvgIpc) is 2.47. The van der Waals surface area contributed by atoms with Gasteiger partial charge in [-0.2, -0.15) is 0 Å². The van der Waals surface area contributed by atoms with Crippen LogP contribution in [-0.4, -0.2) is 17.8 Å². The molecule has 0 heterocycles. The van der Waals surface area contributed by atoms with Gasteiger partial charge in [0.25, 0.3) is 0 Å². The predicted molar refractivity (Wildman–Crippen MR) is 86.1 cm³/mol. The Bertz CT molecular complexity index is 407. The zero-order valence-corrected chi connectivity index (χ0v) is 13.7. The molecular formula is C17H26ClNO. The maximum atomic E-state index is 12.6. The van der Waals surface area contributed by atoms with Gasteiger partial charge in [0.1, 0.15) is 0 Å². The Kier molecular flexibility index (Phi) is 7.08. The second kappa shape index (κ2) is 8.31. The Morgan fingerprint density at radius 3 is 2.25 bits per heavy atom. The van der Waals surface area contributed by atoms with Crippen molar-refractivity contribution in [2.24, 2.45) is 11.8 Å². The molecule has 3 heteroatoms. The summed E-state index contributed by atoms with van der Waals surface area (Å²) in [7, 11) is 0. The van der Waals surface area contributed by atoms with E-state index in [-0.39, 0.29) is 23.8 Å². The Morgan fingerprint density at radius 1 is 1.15 bits per heavy atom. The van der Waals surface area contributed by atoms with E-state index in [2.05, 4.69) is 26.1 Å². The molecule has 20 heavy (non-hydrogen) atoms. The molecule has 1 rings (SSSR count). The van der Waals surface area contributed by atoms with Crippen LogP contribution in [0.5, 0.6) is 0 Å². The lowest BCUT2D eigenvalue weighted by molar-refractivity contribution is -0.124. The summed E-state index contributed by atoms with van der Waals surface area (Å²) >= 11 is 5.87. The number of hydrogen-bond donors (Lipinski definition) is 1. The molecule has 0 fully saturated rings. The van der Waals surface area contributed by atoms with Crippen LogP contribution >= 0.6 is 11.6 Å². The molecule has 1 amide bonds. The van der Waals surface area contributed by atoms with Crippen LogP contribution in [0.2, 0.25) is 0 Å². The van der Waals surface area contributed by atoms with Gasteiger partial charge in [0, 0.05) is 11.9 Å². The van der Waals surface area contributed by atoms with E-state index in [1.54, 1.807) is 0 Å². The first-order valence-electron chi connectivity index (χ1n) is 7.42. The zero-order chi connectivity index (χ0) is 15.1. The number of alkyl halides is 1. The Labute approximate surface area is 127 Å². The Balaban J connectivity index is 2.87. The van der Waals surface area contributed by atoms with Crippen molar-refractivity contribution in [3.05, 3.63) is 35.9 Å². The maximum Gasteiger partial charge on any atom is 0.228 e. The van der Waals surface area contributed by atoms with Gasteiger partial charge in [-0.25, -0.2) is 0 Å². The Hall–Kier alpha value is -1.02. The number of rotatable bonds is 7. The number of nitrogens with one attached hydrogen (secondary N) is 1. The lowest BCUT2D eigenvalue weighted by Crippen LogP contribution is -2.41. The predicted octanol–water partition coefficient (Wildman–Crippen LogP) is 4.20. The molecule has 0 aliphatic rings. The van der Waals surface area contributed by atoms with E-state index in [1.807, 2.05) is 37.3 Å². The monoisotopic (exact) mass is 295 g/mol. The summed E-state index contributed by atoms with van der Waals surface area (Å²) in [6.07, 6.45) is 0.979. The highest BCUT2D eigenvalue weighted by Crippen LogP contribution is 2.27. The lowest BCUT2D eigenvalue weighted by Gasteiger charge is -2.26. The second-order valence-electron chi connectivity index (χ2n) is 5.70. The molecule has 0 saturated heterocycles. The van der Waals surface area contributed by atoms with Crippen LogP contribution in [0.1, 0.15) is 45.6 Å². The number of benzene rings is 1. The van der Waals surface area contributed by atoms with Gasteiger partial charge in [0.05, 0.1) is 5.92 Å². The van der Waals surface area contributed by atoms with Crippen LogP contribution in [0.25, 0.3) is 0 Å². The van der Waals surface area contributed by atoms with Crippen molar-refractivity contribution in [2.75, 3.05) is 5.88 Å². The van der Waals surface area contributed by atoms with Crippen molar-refractivity contribution in [2.45, 2.75) is 46.1 Å². The van der Waals surface area contributed by atoms with E-state index in [0.29, 0.717) is 11.8 Å². The summed E-state index contributed by atoms with van der Waals surface area (Å²) in [5, 5.41) is 3.12. The number of amides is 1. The molecule has 0 spiro atoms. The third-order valence-corrected chi connectivity index (χ3v) is 4.61. The van der Waals surface area contributed by atoms with E-state index in [9.17, 15) is 4.79 Å². The first-order chi connectivity index (χ1) is 9.51. The number of halogens is 1. The summed E-state index contributed by atoms with van der Waals surface area (Å²) in [6.45, 7) is 8.33. The van der Waals surface area contributed by atoms with E-state index in [0.717, 1.165) is 12.0 Å². The van der Waals surface area contributed by atoms with E-state index >= 15 is 0 Å². The Morgan fingerprint density at radius 2 is 1.75 bits per heavy atom. The molecule has 0 aliphatic carbocycles. The first-order valence-corrected chi connectivity index (χ1v) is 7.95. The summed E-state index contributed by atoms with van der Waals surface area (Å²) in [5.74, 6) is 1.16. The molecule has 1 N–H and O–H groups in total. The minimum absolute atomic E-state index is 0.0915. The molecule has 0 radical (unpaired) electrons. The fourth-order valence-electron chi connectivity index (χ4n) is 2.22. The minimum Gasteiger partial charge on any atom is -0.353 e. The zero-order valence-electron chi connectivity index (χ0n) is 12.9. The normalized spacial score (nSPS) is 17.1. The van der Waals surface area contributed by atoms with Crippen LogP contribution in [0, 0.1) is 11.8 Å². The standard InChI is InChI=1S/C17H26ClNO/c1-5-12(2)16(15-9-7-6-8-10-15)17(20)19-14(4)13(3)11-18/h6-10,12-14,16H,5,11H2,1-4H3,(H,19,20). The fourth-order valence-corrected chi connectivity index (χ4v) is 2.49. The summed E-state index contributed by atoms with van der Waals surface area (Å²) in [4.78, 5) is 12.6. The van der Waals surface area contributed by atoms with Crippen LogP contribution in [0.15, 0.2) is 30.3 Å². The SMILES string of the molecule is CCC(C)C(C(=O)NC(C)C(C)CCl)c1ccccc1. The third-order valence-electron chi connectivity index (χ3n) is 4.12. The van der Waals surface area contributed by atoms with Crippen molar-refractivity contribution in [1.29, 1.82) is 0 Å². The molecule has 0 aromatic heterocycles. The van der Waals surface area contributed by atoms with Gasteiger partial charge in [0.15, 0.2) is 0 Å². The van der Waals surface area contributed by atoms with Crippen molar-refractivity contribution >= 4 is 17.5 Å². The number of carbonyl (C=O) groups is 1. The molecule has 0 bridgehead atoms. The van der Waals surface area contributed by atoms with Crippen LogP contribution < -0.4 is 5.32 Å². The van der Waals surface area contributed by atoms with Gasteiger partial charge in [0.2, 0.25) is 5.91 Å². The van der Waals surface area contributed by atoms with E-state index in [4.69, 9.17) is 11.6 Å². The van der Waals surface area contributed by atoms with Gasteiger partial charge in [-0.05, 0) is 24.3 Å². The molecule has 0 saturated carbocycles. The van der Waals surface area contributed by atoms with Crippen molar-refractivity contribution in [3.63, 3.8) is 0 Å². The fraction of sp³-hybridized carbons (Fsp3) is 0.588. The van der Waals surface area contributed by atoms with Gasteiger partial charge < -0.3 is 5.32 Å². The van der Waals surface area contributed by atoms with E-state index in [1.165, 1.54) is 0 Å². The third kappa shape index (κ3) is 4.52. The van der Waals surface area contributed by atoms with Crippen LogP contribution in [-0.2, 0) is 4.79 Å². The molecule has 112 valence electrons. The first kappa shape index (κ1) is 17.0. The summed E-state index contributed by atoms with van der Waals surface area (Å²) < 4.78 is 0. The average molecular weight is 296 g/mol. The van der Waals surface area contributed by atoms with Gasteiger partial charge >= 0.3 is 0 Å². The second-order valence-corrected chi connectivity index (χ2v) is 6.01. The van der Waals surface area contributed by atoms with Crippen LogP contribution in [0.3, 0.4) is 0 Å². The topological polar surface area (TPSA) is 29.1 Å². The van der Waals surface area contributed by atoms with Gasteiger partial charge in [-0.3, -0.25) is 4.79 Å². The maximum absolute atomic E-state index is 12.6. The molecule has 0 aliphatic heterocycles. The quantitative estimate of drug-likeness (QED) is 0.751. The smallest absolute Gasteiger partial charge is 0.228 e. The molecule has 4 unspecified atom stereocenters. The minimum atomic E-state index is -0.0915. The van der Waals surface area contributed by atoms with Crippen molar-refractivity contribution in [1.82, 2.24) is 5.32 Å². The highest BCUT2D eigenvalue weighted by molar-refractivity contribution is 6.18. The lowest BCUT2D eigenvalue weighted by atomic mass is 9.84. The molecular weight excluding hydrogens is 270 g/mol. The van der Waals surface area contributed by atoms with Gasteiger partial charge in [-0.1, -0.05) is 57.5 Å².